The third-order valence-corrected chi connectivity index (χ3v) is 3.50. The number of nitrogens with zero attached hydrogens (tertiary/aromatic N) is 3. The fraction of sp³-hybridized carbons (Fsp3) is 0.833. The second kappa shape index (κ2) is 7.96. The first kappa shape index (κ1) is 15.7. The highest BCUT2D eigenvalue weighted by molar-refractivity contribution is 6.02. The Labute approximate surface area is 113 Å². The summed E-state index contributed by atoms with van der Waals surface area (Å²) in [6, 6.07) is 0. The van der Waals surface area contributed by atoms with Crippen molar-refractivity contribution in [3.05, 3.63) is 0 Å². The summed E-state index contributed by atoms with van der Waals surface area (Å²) in [4.78, 5) is 16.2. The maximum Gasteiger partial charge on any atom is 0.233 e. The summed E-state index contributed by atoms with van der Waals surface area (Å²) in [5.74, 6) is -0.651. The SMILES string of the molecule is CCC(C(=O)N1CCCN(CCO)CC1)C(N)=NO. The summed E-state index contributed by atoms with van der Waals surface area (Å²) < 4.78 is 0. The van der Waals surface area contributed by atoms with E-state index in [9.17, 15) is 4.79 Å². The number of oxime groups is 1. The molecule has 0 bridgehead atoms. The monoisotopic (exact) mass is 272 g/mol. The Kier molecular flexibility index (Phi) is 6.58. The molecule has 7 nitrogen and oxygen atoms in total. The van der Waals surface area contributed by atoms with Gasteiger partial charge in [0.2, 0.25) is 5.91 Å². The predicted octanol–water partition coefficient (Wildman–Crippen LogP) is -0.714. The maximum atomic E-state index is 12.3. The highest BCUT2D eigenvalue weighted by atomic mass is 16.4. The van der Waals surface area contributed by atoms with Crippen molar-refractivity contribution in [3.8, 4) is 0 Å². The highest BCUT2D eigenvalue weighted by Crippen LogP contribution is 2.11. The Morgan fingerprint density at radius 2 is 2.11 bits per heavy atom. The lowest BCUT2D eigenvalue weighted by Gasteiger charge is -2.25. The summed E-state index contributed by atoms with van der Waals surface area (Å²) in [6.07, 6.45) is 1.39. The normalized spacial score (nSPS) is 20.1. The van der Waals surface area contributed by atoms with E-state index >= 15 is 0 Å². The molecule has 1 aliphatic heterocycles. The smallest absolute Gasteiger partial charge is 0.233 e. The van der Waals surface area contributed by atoms with Gasteiger partial charge in [-0.05, 0) is 19.4 Å². The van der Waals surface area contributed by atoms with Crippen LogP contribution in [-0.2, 0) is 4.79 Å². The topological polar surface area (TPSA) is 102 Å². The zero-order chi connectivity index (χ0) is 14.3. The van der Waals surface area contributed by atoms with Crippen molar-refractivity contribution in [2.75, 3.05) is 39.3 Å². The van der Waals surface area contributed by atoms with Crippen LogP contribution < -0.4 is 5.73 Å². The van der Waals surface area contributed by atoms with Gasteiger partial charge in [0, 0.05) is 26.2 Å². The summed E-state index contributed by atoms with van der Waals surface area (Å²) >= 11 is 0. The molecule has 0 saturated carbocycles. The van der Waals surface area contributed by atoms with Crippen LogP contribution in [0.15, 0.2) is 5.16 Å². The van der Waals surface area contributed by atoms with Gasteiger partial charge >= 0.3 is 0 Å². The number of rotatable bonds is 5. The van der Waals surface area contributed by atoms with Crippen LogP contribution in [0, 0.1) is 5.92 Å². The Morgan fingerprint density at radius 1 is 1.37 bits per heavy atom. The molecule has 1 heterocycles. The van der Waals surface area contributed by atoms with Crippen LogP contribution in [0.1, 0.15) is 19.8 Å². The van der Waals surface area contributed by atoms with Crippen LogP contribution in [0.5, 0.6) is 0 Å². The van der Waals surface area contributed by atoms with Gasteiger partial charge in [-0.1, -0.05) is 12.1 Å². The molecule has 7 heteroatoms. The van der Waals surface area contributed by atoms with E-state index in [4.69, 9.17) is 16.0 Å². The molecule has 1 amide bonds. The molecular formula is C12H24N4O3. The Hall–Kier alpha value is -1.34. The number of carbonyl (C=O) groups excluding carboxylic acids is 1. The molecule has 1 atom stereocenters. The first-order chi connectivity index (χ1) is 9.13. The van der Waals surface area contributed by atoms with Gasteiger partial charge < -0.3 is 20.9 Å². The van der Waals surface area contributed by atoms with E-state index in [-0.39, 0.29) is 18.3 Å². The number of β-amino-alcohol motifs (C(OH)–C–C–N with tert-alkyl or cyclic N) is 1. The van der Waals surface area contributed by atoms with Crippen molar-refractivity contribution in [2.24, 2.45) is 16.8 Å². The molecular weight excluding hydrogens is 248 g/mol. The Bertz CT molecular complexity index is 322. The lowest BCUT2D eigenvalue weighted by Crippen LogP contribution is -2.43. The fourth-order valence-electron chi connectivity index (χ4n) is 2.36. The molecule has 0 aromatic heterocycles. The zero-order valence-corrected chi connectivity index (χ0v) is 11.5. The molecule has 19 heavy (non-hydrogen) atoms. The quantitative estimate of drug-likeness (QED) is 0.265. The minimum atomic E-state index is -0.547. The molecule has 0 radical (unpaired) electrons. The van der Waals surface area contributed by atoms with Crippen molar-refractivity contribution < 1.29 is 15.1 Å². The lowest BCUT2D eigenvalue weighted by molar-refractivity contribution is -0.133. The molecule has 4 N–H and O–H groups in total. The van der Waals surface area contributed by atoms with Crippen molar-refractivity contribution >= 4 is 11.7 Å². The van der Waals surface area contributed by atoms with E-state index in [1.165, 1.54) is 0 Å². The van der Waals surface area contributed by atoms with E-state index in [1.54, 1.807) is 4.90 Å². The summed E-state index contributed by atoms with van der Waals surface area (Å²) in [5.41, 5.74) is 5.56. The van der Waals surface area contributed by atoms with Crippen LogP contribution in [0.25, 0.3) is 0 Å². The average Bonchev–Trinajstić information content (AvgIpc) is 2.65. The minimum absolute atomic E-state index is 0.0241. The van der Waals surface area contributed by atoms with Crippen molar-refractivity contribution in [1.29, 1.82) is 0 Å². The Balaban J connectivity index is 2.61. The number of amidine groups is 1. The third-order valence-electron chi connectivity index (χ3n) is 3.50. The highest BCUT2D eigenvalue weighted by Gasteiger charge is 2.27. The molecule has 1 aliphatic rings. The average molecular weight is 272 g/mol. The minimum Gasteiger partial charge on any atom is -0.409 e. The van der Waals surface area contributed by atoms with Gasteiger partial charge in [-0.3, -0.25) is 9.69 Å². The van der Waals surface area contributed by atoms with Gasteiger partial charge in [0.25, 0.3) is 0 Å². The van der Waals surface area contributed by atoms with Gasteiger partial charge in [0.15, 0.2) is 5.84 Å². The number of hydrogen-bond acceptors (Lipinski definition) is 5. The number of amides is 1. The van der Waals surface area contributed by atoms with Crippen LogP contribution in [0.3, 0.4) is 0 Å². The van der Waals surface area contributed by atoms with Crippen LogP contribution in [-0.4, -0.2) is 71.2 Å². The zero-order valence-electron chi connectivity index (χ0n) is 11.5. The van der Waals surface area contributed by atoms with E-state index < -0.39 is 5.92 Å². The van der Waals surface area contributed by atoms with Crippen LogP contribution in [0.4, 0.5) is 0 Å². The van der Waals surface area contributed by atoms with Gasteiger partial charge in [-0.2, -0.15) is 0 Å². The van der Waals surface area contributed by atoms with Gasteiger partial charge in [0.1, 0.15) is 0 Å². The fourth-order valence-corrected chi connectivity index (χ4v) is 2.36. The maximum absolute atomic E-state index is 12.3. The second-order valence-electron chi connectivity index (χ2n) is 4.73. The van der Waals surface area contributed by atoms with Crippen molar-refractivity contribution in [3.63, 3.8) is 0 Å². The summed E-state index contributed by atoms with van der Waals surface area (Å²) in [6.45, 7) is 5.54. The molecule has 1 rings (SSSR count). The first-order valence-corrected chi connectivity index (χ1v) is 6.73. The number of hydrogen-bond donors (Lipinski definition) is 3. The molecule has 0 aromatic carbocycles. The van der Waals surface area contributed by atoms with E-state index in [0.29, 0.717) is 26.1 Å². The molecule has 1 saturated heterocycles. The Morgan fingerprint density at radius 3 is 2.68 bits per heavy atom. The van der Waals surface area contributed by atoms with Crippen LogP contribution >= 0.6 is 0 Å². The van der Waals surface area contributed by atoms with Crippen molar-refractivity contribution in [1.82, 2.24) is 9.80 Å². The summed E-state index contributed by atoms with van der Waals surface area (Å²) in [7, 11) is 0. The van der Waals surface area contributed by atoms with Crippen molar-refractivity contribution in [2.45, 2.75) is 19.8 Å². The lowest BCUT2D eigenvalue weighted by atomic mass is 10.0. The standard InChI is InChI=1S/C12H24N4O3/c1-2-10(11(13)14-19)12(18)16-5-3-4-15(6-7-16)8-9-17/h10,17,19H,2-9H2,1H3,(H2,13,14). The van der Waals surface area contributed by atoms with Crippen LogP contribution in [0.2, 0.25) is 0 Å². The number of nitrogens with two attached hydrogens (primary N) is 1. The number of aliphatic hydroxyl groups is 1. The molecule has 1 unspecified atom stereocenters. The van der Waals surface area contributed by atoms with Gasteiger partial charge in [-0.25, -0.2) is 0 Å². The molecule has 1 fully saturated rings. The first-order valence-electron chi connectivity index (χ1n) is 6.73. The third kappa shape index (κ3) is 4.36. The predicted molar refractivity (Wildman–Crippen MR) is 71.9 cm³/mol. The molecule has 0 spiro atoms. The van der Waals surface area contributed by atoms with E-state index in [1.807, 2.05) is 6.92 Å². The molecule has 0 aliphatic carbocycles. The van der Waals surface area contributed by atoms with Gasteiger partial charge in [0.05, 0.1) is 12.5 Å². The summed E-state index contributed by atoms with van der Waals surface area (Å²) in [5, 5.41) is 20.6. The van der Waals surface area contributed by atoms with Gasteiger partial charge in [-0.15, -0.1) is 0 Å². The number of carbonyl (C=O) groups is 1. The van der Waals surface area contributed by atoms with E-state index in [2.05, 4.69) is 10.1 Å². The molecule has 0 aromatic rings. The number of aliphatic hydroxyl groups excluding tert-OH is 1. The largest absolute Gasteiger partial charge is 0.409 e. The molecule has 110 valence electrons. The van der Waals surface area contributed by atoms with E-state index in [0.717, 1.165) is 19.5 Å². The second-order valence-corrected chi connectivity index (χ2v) is 4.73.